The molecule has 7 nitrogen and oxygen atoms in total. The molecule has 2 aliphatic carbocycles. The second kappa shape index (κ2) is 9.33. The highest BCUT2D eigenvalue weighted by atomic mass is 32.2. The van der Waals surface area contributed by atoms with E-state index < -0.39 is 10.0 Å². The predicted octanol–water partition coefficient (Wildman–Crippen LogP) is 4.98. The number of pyridine rings is 1. The molecule has 188 valence electrons. The summed E-state index contributed by atoms with van der Waals surface area (Å²) in [6.45, 7) is 6.29. The third-order valence-corrected chi connectivity index (χ3v) is 8.53. The van der Waals surface area contributed by atoms with E-state index in [1.807, 2.05) is 37.3 Å². The average Bonchev–Trinajstić information content (AvgIpc) is 3.63. The van der Waals surface area contributed by atoms with Gasteiger partial charge in [-0.15, -0.1) is 0 Å². The molecular formula is C28H32N4O3S. The van der Waals surface area contributed by atoms with Gasteiger partial charge in [-0.3, -0.25) is 4.79 Å². The number of hydrogen-bond acceptors (Lipinski definition) is 5. The minimum atomic E-state index is -3.69. The number of benzene rings is 2. The fraction of sp³-hybridized carbons (Fsp3) is 0.357. The van der Waals surface area contributed by atoms with E-state index in [2.05, 4.69) is 34.2 Å². The lowest BCUT2D eigenvalue weighted by Crippen LogP contribution is -2.28. The number of carbonyl (C=O) groups excluding carboxylic acids is 1. The third kappa shape index (κ3) is 5.01. The van der Waals surface area contributed by atoms with Crippen molar-refractivity contribution in [3.8, 4) is 0 Å². The summed E-state index contributed by atoms with van der Waals surface area (Å²) >= 11 is 0. The Kier molecular flexibility index (Phi) is 6.34. The van der Waals surface area contributed by atoms with Gasteiger partial charge in [-0.1, -0.05) is 39.0 Å². The summed E-state index contributed by atoms with van der Waals surface area (Å²) in [4.78, 5) is 17.4. The van der Waals surface area contributed by atoms with E-state index in [1.54, 1.807) is 30.5 Å². The maximum atomic E-state index is 13.2. The second-order valence-corrected chi connectivity index (χ2v) is 12.0. The Morgan fingerprint density at radius 1 is 1.08 bits per heavy atom. The van der Waals surface area contributed by atoms with Crippen LogP contribution in [-0.2, 0) is 21.9 Å². The van der Waals surface area contributed by atoms with Crippen molar-refractivity contribution >= 4 is 27.4 Å². The van der Waals surface area contributed by atoms with E-state index in [1.165, 1.54) is 0 Å². The molecule has 0 saturated heterocycles. The van der Waals surface area contributed by atoms with Gasteiger partial charge in [0.25, 0.3) is 5.91 Å². The van der Waals surface area contributed by atoms with Gasteiger partial charge in [-0.2, -0.15) is 0 Å². The van der Waals surface area contributed by atoms with E-state index in [-0.39, 0.29) is 28.3 Å². The van der Waals surface area contributed by atoms with Crippen molar-refractivity contribution in [3.05, 3.63) is 83.0 Å². The average molecular weight is 505 g/mol. The van der Waals surface area contributed by atoms with Crippen LogP contribution in [0, 0.1) is 0 Å². The van der Waals surface area contributed by atoms with Crippen LogP contribution in [0.5, 0.6) is 0 Å². The number of sulfonamides is 1. The van der Waals surface area contributed by atoms with Gasteiger partial charge in [0.2, 0.25) is 10.0 Å². The minimum absolute atomic E-state index is 0.143. The number of nitrogens with one attached hydrogen (secondary N) is 3. The number of amides is 1. The molecule has 0 bridgehead atoms. The minimum Gasteiger partial charge on any atom is -0.349 e. The molecule has 1 amide bonds. The first-order chi connectivity index (χ1) is 17.2. The summed E-state index contributed by atoms with van der Waals surface area (Å²) in [5.74, 6) is 0.330. The number of hydrogen-bond donors (Lipinski definition) is 3. The van der Waals surface area contributed by atoms with E-state index in [0.29, 0.717) is 17.8 Å². The standard InChI is InChI=1S/C28H32N4O3S/c1-4-18-7-12-21(13-8-18)36(34,35)32-25-17-28(2,3)24-14-11-20(16-23(24)25)30-26-22(6-5-15-29-26)27(33)31-19-9-10-19/h5-8,11-16,19,25,32H,4,9-10,17H2,1-3H3,(H,29,30)(H,31,33). The van der Waals surface area contributed by atoms with Crippen molar-refractivity contribution in [2.24, 2.45) is 0 Å². The molecule has 1 atom stereocenters. The lowest BCUT2D eigenvalue weighted by molar-refractivity contribution is 0.0951. The normalized spacial score (nSPS) is 18.5. The molecule has 0 aliphatic heterocycles. The summed E-state index contributed by atoms with van der Waals surface area (Å²) in [5.41, 5.74) is 4.18. The van der Waals surface area contributed by atoms with Gasteiger partial charge in [0.15, 0.2) is 0 Å². The van der Waals surface area contributed by atoms with E-state index >= 15 is 0 Å². The Morgan fingerprint density at radius 3 is 2.53 bits per heavy atom. The maximum Gasteiger partial charge on any atom is 0.255 e. The van der Waals surface area contributed by atoms with Gasteiger partial charge in [-0.25, -0.2) is 18.1 Å². The summed E-state index contributed by atoms with van der Waals surface area (Å²) in [6, 6.07) is 16.4. The zero-order valence-corrected chi connectivity index (χ0v) is 21.7. The topological polar surface area (TPSA) is 100 Å². The van der Waals surface area contributed by atoms with Crippen LogP contribution in [0.4, 0.5) is 11.5 Å². The Balaban J connectivity index is 1.41. The van der Waals surface area contributed by atoms with Gasteiger partial charge in [0.1, 0.15) is 5.82 Å². The zero-order valence-electron chi connectivity index (χ0n) is 20.8. The molecule has 5 rings (SSSR count). The first-order valence-corrected chi connectivity index (χ1v) is 13.9. The van der Waals surface area contributed by atoms with Crippen molar-refractivity contribution in [2.75, 3.05) is 5.32 Å². The highest BCUT2D eigenvalue weighted by Gasteiger charge is 2.39. The molecule has 2 aromatic carbocycles. The number of carbonyl (C=O) groups is 1. The van der Waals surface area contributed by atoms with Crippen molar-refractivity contribution < 1.29 is 13.2 Å². The first-order valence-electron chi connectivity index (χ1n) is 12.4. The summed E-state index contributed by atoms with van der Waals surface area (Å²) in [7, 11) is -3.69. The molecule has 0 radical (unpaired) electrons. The molecule has 1 saturated carbocycles. The number of nitrogens with zero attached hydrogens (tertiary/aromatic N) is 1. The summed E-state index contributed by atoms with van der Waals surface area (Å²) in [6.07, 6.45) is 5.17. The van der Waals surface area contributed by atoms with Crippen molar-refractivity contribution in [3.63, 3.8) is 0 Å². The van der Waals surface area contributed by atoms with Crippen LogP contribution < -0.4 is 15.4 Å². The Labute approximate surface area is 212 Å². The van der Waals surface area contributed by atoms with Crippen LogP contribution in [0.25, 0.3) is 0 Å². The maximum absolute atomic E-state index is 13.2. The number of aryl methyl sites for hydroxylation is 1. The fourth-order valence-corrected chi connectivity index (χ4v) is 6.07. The molecule has 1 fully saturated rings. The number of anilines is 2. The van der Waals surface area contributed by atoms with Crippen LogP contribution in [0.1, 0.15) is 73.1 Å². The quantitative estimate of drug-likeness (QED) is 0.402. The van der Waals surface area contributed by atoms with Crippen LogP contribution in [0.15, 0.2) is 65.7 Å². The Morgan fingerprint density at radius 2 is 1.83 bits per heavy atom. The Bertz CT molecular complexity index is 1400. The number of aromatic nitrogens is 1. The number of fused-ring (bicyclic) bond motifs is 1. The first kappa shape index (κ1) is 24.5. The second-order valence-electron chi connectivity index (χ2n) is 10.3. The lowest BCUT2D eigenvalue weighted by atomic mass is 9.86. The molecule has 3 N–H and O–H groups in total. The van der Waals surface area contributed by atoms with Crippen LogP contribution >= 0.6 is 0 Å². The van der Waals surface area contributed by atoms with E-state index in [4.69, 9.17) is 0 Å². The molecule has 1 unspecified atom stereocenters. The zero-order chi connectivity index (χ0) is 25.5. The van der Waals surface area contributed by atoms with Crippen molar-refractivity contribution in [2.45, 2.75) is 68.8 Å². The fourth-order valence-electron chi connectivity index (χ4n) is 4.86. The van der Waals surface area contributed by atoms with Crippen LogP contribution in [0.2, 0.25) is 0 Å². The van der Waals surface area contributed by atoms with Gasteiger partial charge >= 0.3 is 0 Å². The van der Waals surface area contributed by atoms with Crippen molar-refractivity contribution in [1.29, 1.82) is 0 Å². The largest absolute Gasteiger partial charge is 0.349 e. The highest BCUT2D eigenvalue weighted by Crippen LogP contribution is 2.46. The Hall–Kier alpha value is -3.23. The SMILES string of the molecule is CCc1ccc(S(=O)(=O)NC2CC(C)(C)c3ccc(Nc4ncccc4C(=O)NC4CC4)cc32)cc1. The van der Waals surface area contributed by atoms with Gasteiger partial charge < -0.3 is 10.6 Å². The van der Waals surface area contributed by atoms with Crippen LogP contribution in [-0.4, -0.2) is 25.4 Å². The lowest BCUT2D eigenvalue weighted by Gasteiger charge is -2.19. The summed E-state index contributed by atoms with van der Waals surface area (Å²) in [5, 5.41) is 6.29. The molecule has 0 spiro atoms. The molecule has 1 heterocycles. The van der Waals surface area contributed by atoms with E-state index in [0.717, 1.165) is 41.6 Å². The van der Waals surface area contributed by atoms with E-state index in [9.17, 15) is 13.2 Å². The van der Waals surface area contributed by atoms with Crippen molar-refractivity contribution in [1.82, 2.24) is 15.0 Å². The highest BCUT2D eigenvalue weighted by molar-refractivity contribution is 7.89. The summed E-state index contributed by atoms with van der Waals surface area (Å²) < 4.78 is 29.4. The molecule has 2 aliphatic rings. The van der Waals surface area contributed by atoms with Crippen LogP contribution in [0.3, 0.4) is 0 Å². The number of rotatable bonds is 8. The smallest absolute Gasteiger partial charge is 0.255 e. The molecule has 36 heavy (non-hydrogen) atoms. The molecular weight excluding hydrogens is 472 g/mol. The molecule has 1 aromatic heterocycles. The van der Waals surface area contributed by atoms with Gasteiger partial charge in [-0.05, 0) is 84.2 Å². The molecule has 8 heteroatoms. The molecule has 3 aromatic rings. The third-order valence-electron chi connectivity index (χ3n) is 7.04. The predicted molar refractivity (Wildman–Crippen MR) is 141 cm³/mol. The van der Waals surface area contributed by atoms with Gasteiger partial charge in [0.05, 0.1) is 10.5 Å². The monoisotopic (exact) mass is 504 g/mol. The van der Waals surface area contributed by atoms with Gasteiger partial charge in [0, 0.05) is 24.0 Å².